The van der Waals surface area contributed by atoms with Crippen molar-refractivity contribution in [1.29, 1.82) is 5.26 Å². The minimum Gasteiger partial charge on any atom is -0.482 e. The first-order chi connectivity index (χ1) is 13.0. The summed E-state index contributed by atoms with van der Waals surface area (Å²) < 4.78 is 20.1. The van der Waals surface area contributed by atoms with Crippen molar-refractivity contribution in [1.82, 2.24) is 4.90 Å². The summed E-state index contributed by atoms with van der Waals surface area (Å²) >= 11 is 6.33. The number of rotatable bonds is 3. The summed E-state index contributed by atoms with van der Waals surface area (Å²) in [5.74, 6) is 0.295. The van der Waals surface area contributed by atoms with Crippen LogP contribution in [0.25, 0.3) is 0 Å². The van der Waals surface area contributed by atoms with Crippen molar-refractivity contribution >= 4 is 11.6 Å². The van der Waals surface area contributed by atoms with E-state index >= 15 is 0 Å². The predicted molar refractivity (Wildman–Crippen MR) is 102 cm³/mol. The second-order valence-corrected chi connectivity index (χ2v) is 7.71. The lowest BCUT2D eigenvalue weighted by atomic mass is 10.0. The molecule has 0 radical (unpaired) electrons. The van der Waals surface area contributed by atoms with Crippen LogP contribution in [0.4, 0.5) is 4.39 Å². The highest BCUT2D eigenvalue weighted by Gasteiger charge is 2.39. The van der Waals surface area contributed by atoms with E-state index < -0.39 is 0 Å². The number of nitriles is 1. The van der Waals surface area contributed by atoms with Crippen molar-refractivity contribution < 1.29 is 9.13 Å². The Hall–Kier alpha value is -2.13. The van der Waals surface area contributed by atoms with Crippen LogP contribution in [0.15, 0.2) is 36.4 Å². The molecule has 0 unspecified atom stereocenters. The Bertz CT molecular complexity index is 897. The summed E-state index contributed by atoms with van der Waals surface area (Å²) in [5, 5.41) is 9.43. The topological polar surface area (TPSA) is 62.3 Å². The van der Waals surface area contributed by atoms with E-state index in [1.165, 1.54) is 6.07 Å². The maximum absolute atomic E-state index is 13.8. The molecular formula is C21H21ClFN3O. The Kier molecular flexibility index (Phi) is 5.05. The van der Waals surface area contributed by atoms with Gasteiger partial charge >= 0.3 is 0 Å². The van der Waals surface area contributed by atoms with Crippen LogP contribution in [0.5, 0.6) is 5.75 Å². The molecule has 0 saturated carbocycles. The number of hydrogen-bond acceptors (Lipinski definition) is 4. The zero-order valence-corrected chi connectivity index (χ0v) is 15.6. The Labute approximate surface area is 163 Å². The minimum absolute atomic E-state index is 0.0832. The molecule has 0 bridgehead atoms. The van der Waals surface area contributed by atoms with Gasteiger partial charge in [0.1, 0.15) is 17.7 Å². The summed E-state index contributed by atoms with van der Waals surface area (Å²) in [6, 6.07) is 12.2. The zero-order chi connectivity index (χ0) is 19.0. The van der Waals surface area contributed by atoms with Crippen LogP contribution in [0.1, 0.15) is 35.6 Å². The molecule has 0 amide bonds. The lowest BCUT2D eigenvalue weighted by Crippen LogP contribution is -2.49. The van der Waals surface area contributed by atoms with Crippen molar-refractivity contribution in [2.45, 2.75) is 37.5 Å². The molecule has 2 aliphatic rings. The second-order valence-electron chi connectivity index (χ2n) is 7.31. The molecule has 3 atom stereocenters. The van der Waals surface area contributed by atoms with E-state index in [9.17, 15) is 4.39 Å². The molecule has 0 spiro atoms. The summed E-state index contributed by atoms with van der Waals surface area (Å²) in [4.78, 5) is 2.36. The molecule has 140 valence electrons. The summed E-state index contributed by atoms with van der Waals surface area (Å²) in [6.07, 6.45) is 2.54. The highest BCUT2D eigenvalue weighted by atomic mass is 35.5. The van der Waals surface area contributed by atoms with Crippen LogP contribution in [-0.4, -0.2) is 30.1 Å². The number of nitrogens with two attached hydrogens (primary N) is 1. The molecule has 2 aromatic rings. The van der Waals surface area contributed by atoms with Crippen molar-refractivity contribution in [2.24, 2.45) is 5.73 Å². The lowest BCUT2D eigenvalue weighted by Gasteiger charge is -2.38. The van der Waals surface area contributed by atoms with E-state index in [1.54, 1.807) is 30.3 Å². The first-order valence-electron chi connectivity index (χ1n) is 9.19. The molecule has 4 nitrogen and oxygen atoms in total. The number of fused-ring (bicyclic) bond motifs is 1. The number of nitrogens with zero attached hydrogens (tertiary/aromatic N) is 2. The number of likely N-dealkylation sites (tertiary alicyclic amines) is 1. The molecule has 27 heavy (non-hydrogen) atoms. The smallest absolute Gasteiger partial charge is 0.140 e. The van der Waals surface area contributed by atoms with Gasteiger partial charge in [-0.25, -0.2) is 4.39 Å². The molecule has 6 heteroatoms. The Morgan fingerprint density at radius 2 is 2.11 bits per heavy atom. The van der Waals surface area contributed by atoms with E-state index in [-0.39, 0.29) is 24.0 Å². The Balaban J connectivity index is 1.66. The molecular weight excluding hydrogens is 365 g/mol. The van der Waals surface area contributed by atoms with Crippen molar-refractivity contribution in [3.05, 3.63) is 63.9 Å². The normalized spacial score (nSPS) is 25.0. The number of ether oxygens (including phenoxy) is 1. The first-order valence-corrected chi connectivity index (χ1v) is 9.57. The van der Waals surface area contributed by atoms with Crippen LogP contribution >= 0.6 is 11.6 Å². The predicted octanol–water partition coefficient (Wildman–Crippen LogP) is 3.82. The summed E-state index contributed by atoms with van der Waals surface area (Å²) in [5.41, 5.74) is 8.62. The minimum atomic E-state index is -0.253. The molecule has 4 rings (SSSR count). The average Bonchev–Trinajstić information content (AvgIpc) is 3.00. The average molecular weight is 386 g/mol. The van der Waals surface area contributed by atoms with Crippen LogP contribution < -0.4 is 10.5 Å². The molecule has 2 N–H and O–H groups in total. The van der Waals surface area contributed by atoms with E-state index in [1.807, 2.05) is 0 Å². The van der Waals surface area contributed by atoms with Crippen LogP contribution in [0, 0.1) is 17.1 Å². The summed E-state index contributed by atoms with van der Waals surface area (Å²) in [7, 11) is 0. The lowest BCUT2D eigenvalue weighted by molar-refractivity contribution is 0.0594. The van der Waals surface area contributed by atoms with Gasteiger partial charge in [0.05, 0.1) is 22.7 Å². The van der Waals surface area contributed by atoms with E-state index in [0.29, 0.717) is 16.3 Å². The highest BCUT2D eigenvalue weighted by Crippen LogP contribution is 2.40. The Morgan fingerprint density at radius 1 is 1.26 bits per heavy atom. The molecule has 1 aliphatic heterocycles. The maximum atomic E-state index is 13.8. The molecule has 1 fully saturated rings. The summed E-state index contributed by atoms with van der Waals surface area (Å²) in [6.45, 7) is 1.76. The van der Waals surface area contributed by atoms with Gasteiger partial charge in [-0.1, -0.05) is 17.7 Å². The molecule has 2 aromatic carbocycles. The maximum Gasteiger partial charge on any atom is 0.140 e. The fourth-order valence-corrected chi connectivity index (χ4v) is 4.40. The highest BCUT2D eigenvalue weighted by molar-refractivity contribution is 6.32. The zero-order valence-electron chi connectivity index (χ0n) is 14.9. The molecule has 0 aromatic heterocycles. The van der Waals surface area contributed by atoms with Gasteiger partial charge in [-0.05, 0) is 67.3 Å². The second kappa shape index (κ2) is 7.47. The number of benzene rings is 2. The number of piperidine rings is 1. The molecule has 1 saturated heterocycles. The third-order valence-electron chi connectivity index (χ3n) is 5.46. The standard InChI is InChI=1S/C21H21ClFN3O/c22-18-8-13(11-24)3-6-20(18)27-21-17-5-4-15(23)9-14(17)10-19(21)26-7-1-2-16(25)12-26/h3-6,8-9,16,19,21H,1-2,7,10,12,25H2/t16-,19+,21-/m1/s1. The number of hydrogen-bond donors (Lipinski definition) is 1. The van der Waals surface area contributed by atoms with Gasteiger partial charge < -0.3 is 10.5 Å². The van der Waals surface area contributed by atoms with E-state index in [0.717, 1.165) is 43.5 Å². The third kappa shape index (κ3) is 3.66. The van der Waals surface area contributed by atoms with Gasteiger partial charge in [-0.3, -0.25) is 4.90 Å². The van der Waals surface area contributed by atoms with Gasteiger partial charge in [-0.15, -0.1) is 0 Å². The van der Waals surface area contributed by atoms with E-state index in [4.69, 9.17) is 27.3 Å². The van der Waals surface area contributed by atoms with Gasteiger partial charge in [0.2, 0.25) is 0 Å². The van der Waals surface area contributed by atoms with Crippen LogP contribution in [-0.2, 0) is 6.42 Å². The fraction of sp³-hybridized carbons (Fsp3) is 0.381. The third-order valence-corrected chi connectivity index (χ3v) is 5.76. The Morgan fingerprint density at radius 3 is 2.85 bits per heavy atom. The number of halogens is 2. The fourth-order valence-electron chi connectivity index (χ4n) is 4.18. The molecule has 1 aliphatic carbocycles. The van der Waals surface area contributed by atoms with Gasteiger partial charge in [0, 0.05) is 12.6 Å². The SMILES string of the molecule is N#Cc1ccc(O[C@@H]2c3ccc(F)cc3C[C@@H]2N2CCC[C@@H](N)C2)c(Cl)c1. The van der Waals surface area contributed by atoms with E-state index in [2.05, 4.69) is 11.0 Å². The van der Waals surface area contributed by atoms with Crippen molar-refractivity contribution in [2.75, 3.05) is 13.1 Å². The van der Waals surface area contributed by atoms with Crippen LogP contribution in [0.3, 0.4) is 0 Å². The quantitative estimate of drug-likeness (QED) is 0.872. The van der Waals surface area contributed by atoms with Gasteiger partial charge in [-0.2, -0.15) is 5.26 Å². The monoisotopic (exact) mass is 385 g/mol. The van der Waals surface area contributed by atoms with Gasteiger partial charge in [0.25, 0.3) is 0 Å². The van der Waals surface area contributed by atoms with Crippen molar-refractivity contribution in [3.63, 3.8) is 0 Å². The molecule has 1 heterocycles. The largest absolute Gasteiger partial charge is 0.482 e. The van der Waals surface area contributed by atoms with Gasteiger partial charge in [0.15, 0.2) is 0 Å². The first kappa shape index (κ1) is 18.2. The van der Waals surface area contributed by atoms with Crippen LogP contribution in [0.2, 0.25) is 5.02 Å². The van der Waals surface area contributed by atoms with Crippen molar-refractivity contribution in [3.8, 4) is 11.8 Å².